The highest BCUT2D eigenvalue weighted by Gasteiger charge is 2.10. The fraction of sp³-hybridized carbons (Fsp3) is 0.227. The molecule has 0 aliphatic heterocycles. The minimum absolute atomic E-state index is 0.243. The molecular formula is C22H23NO4. The first-order valence-electron chi connectivity index (χ1n) is 8.80. The Kier molecular flexibility index (Phi) is 6.79. The fourth-order valence-corrected chi connectivity index (χ4v) is 2.60. The molecule has 0 atom stereocenters. The Hall–Kier alpha value is -2.89. The summed E-state index contributed by atoms with van der Waals surface area (Å²) in [4.78, 5) is 12.1. The molecular weight excluding hydrogens is 342 g/mol. The Balaban J connectivity index is 1.43. The van der Waals surface area contributed by atoms with Crippen LogP contribution in [0.2, 0.25) is 0 Å². The minimum Gasteiger partial charge on any atom is -0.453 e. The predicted molar refractivity (Wildman–Crippen MR) is 102 cm³/mol. The molecule has 5 heteroatoms. The van der Waals surface area contributed by atoms with E-state index < -0.39 is 0 Å². The van der Waals surface area contributed by atoms with Gasteiger partial charge in [0.25, 0.3) is 5.91 Å². The molecule has 27 heavy (non-hydrogen) atoms. The molecule has 1 N–H and O–H groups in total. The van der Waals surface area contributed by atoms with Crippen LogP contribution in [0.15, 0.2) is 71.1 Å². The average Bonchev–Trinajstić information content (AvgIpc) is 3.17. The van der Waals surface area contributed by atoms with Crippen LogP contribution in [0.1, 0.15) is 33.0 Å². The molecule has 1 heterocycles. The molecule has 140 valence electrons. The Morgan fingerprint density at radius 1 is 0.852 bits per heavy atom. The van der Waals surface area contributed by atoms with Crippen molar-refractivity contribution in [2.75, 3.05) is 7.11 Å². The highest BCUT2D eigenvalue weighted by atomic mass is 16.5. The number of carbonyl (C=O) groups is 1. The highest BCUT2D eigenvalue weighted by Crippen LogP contribution is 2.11. The molecule has 0 bridgehead atoms. The van der Waals surface area contributed by atoms with Crippen LogP contribution < -0.4 is 5.32 Å². The van der Waals surface area contributed by atoms with Crippen molar-refractivity contribution in [1.29, 1.82) is 0 Å². The quantitative estimate of drug-likeness (QED) is 0.621. The van der Waals surface area contributed by atoms with Crippen molar-refractivity contribution in [3.8, 4) is 0 Å². The van der Waals surface area contributed by atoms with Crippen LogP contribution in [0.4, 0.5) is 0 Å². The summed E-state index contributed by atoms with van der Waals surface area (Å²) in [6.45, 7) is 1.93. The Morgan fingerprint density at radius 3 is 2.22 bits per heavy atom. The van der Waals surface area contributed by atoms with Crippen LogP contribution in [-0.2, 0) is 35.8 Å². The summed E-state index contributed by atoms with van der Waals surface area (Å²) in [5.41, 5.74) is 3.26. The van der Waals surface area contributed by atoms with Crippen molar-refractivity contribution in [1.82, 2.24) is 5.32 Å². The van der Waals surface area contributed by atoms with Gasteiger partial charge in [-0.25, -0.2) is 0 Å². The second kappa shape index (κ2) is 9.71. The minimum atomic E-state index is -0.243. The van der Waals surface area contributed by atoms with E-state index in [2.05, 4.69) is 5.32 Å². The van der Waals surface area contributed by atoms with Gasteiger partial charge in [-0.3, -0.25) is 4.79 Å². The van der Waals surface area contributed by atoms with Crippen LogP contribution in [-0.4, -0.2) is 13.0 Å². The number of rotatable bonds is 9. The first-order chi connectivity index (χ1) is 13.2. The molecule has 0 aliphatic carbocycles. The van der Waals surface area contributed by atoms with E-state index in [-0.39, 0.29) is 11.7 Å². The number of nitrogens with one attached hydrogen (secondary N) is 1. The molecule has 0 fully saturated rings. The summed E-state index contributed by atoms with van der Waals surface area (Å²) in [5, 5.41) is 2.85. The van der Waals surface area contributed by atoms with Crippen LogP contribution in [0.5, 0.6) is 0 Å². The monoisotopic (exact) mass is 365 g/mol. The van der Waals surface area contributed by atoms with Gasteiger partial charge in [0.05, 0.1) is 13.2 Å². The summed E-state index contributed by atoms with van der Waals surface area (Å²) in [6, 6.07) is 21.5. The van der Waals surface area contributed by atoms with Gasteiger partial charge in [0, 0.05) is 13.7 Å². The van der Waals surface area contributed by atoms with E-state index in [4.69, 9.17) is 13.9 Å². The largest absolute Gasteiger partial charge is 0.453 e. The normalized spacial score (nSPS) is 10.7. The van der Waals surface area contributed by atoms with Gasteiger partial charge in [0.2, 0.25) is 0 Å². The van der Waals surface area contributed by atoms with Gasteiger partial charge in [-0.2, -0.15) is 0 Å². The molecule has 0 unspecified atom stereocenters. The number of hydrogen-bond donors (Lipinski definition) is 1. The van der Waals surface area contributed by atoms with Gasteiger partial charge in [0.1, 0.15) is 12.4 Å². The van der Waals surface area contributed by atoms with Crippen LogP contribution >= 0.6 is 0 Å². The molecule has 0 saturated carbocycles. The topological polar surface area (TPSA) is 60.7 Å². The van der Waals surface area contributed by atoms with E-state index in [0.29, 0.717) is 32.1 Å². The first-order valence-corrected chi connectivity index (χ1v) is 8.80. The van der Waals surface area contributed by atoms with Gasteiger partial charge in [0.15, 0.2) is 5.76 Å². The molecule has 0 aliphatic rings. The summed E-state index contributed by atoms with van der Waals surface area (Å²) in [7, 11) is 1.58. The van der Waals surface area contributed by atoms with Gasteiger partial charge >= 0.3 is 0 Å². The number of hydrogen-bond acceptors (Lipinski definition) is 4. The third-order valence-electron chi connectivity index (χ3n) is 4.03. The lowest BCUT2D eigenvalue weighted by molar-refractivity contribution is 0.0914. The maximum atomic E-state index is 12.1. The molecule has 5 nitrogen and oxygen atoms in total. The Bertz CT molecular complexity index is 840. The highest BCUT2D eigenvalue weighted by molar-refractivity contribution is 5.91. The molecule has 2 aromatic carbocycles. The second-order valence-electron chi connectivity index (χ2n) is 6.18. The van der Waals surface area contributed by atoms with E-state index in [1.807, 2.05) is 54.6 Å². The van der Waals surface area contributed by atoms with E-state index in [0.717, 1.165) is 16.7 Å². The number of amides is 1. The van der Waals surface area contributed by atoms with E-state index in [9.17, 15) is 4.79 Å². The van der Waals surface area contributed by atoms with Crippen molar-refractivity contribution in [3.63, 3.8) is 0 Å². The van der Waals surface area contributed by atoms with Gasteiger partial charge in [-0.05, 0) is 28.8 Å². The number of benzene rings is 2. The Labute approximate surface area is 158 Å². The molecule has 3 rings (SSSR count). The summed E-state index contributed by atoms with van der Waals surface area (Å²) in [6.07, 6.45) is 0. The van der Waals surface area contributed by atoms with Crippen LogP contribution in [0.25, 0.3) is 0 Å². The molecule has 1 amide bonds. The van der Waals surface area contributed by atoms with Gasteiger partial charge in [-0.15, -0.1) is 0 Å². The van der Waals surface area contributed by atoms with E-state index >= 15 is 0 Å². The summed E-state index contributed by atoms with van der Waals surface area (Å²) < 4.78 is 16.1. The van der Waals surface area contributed by atoms with Crippen LogP contribution in [0, 0.1) is 0 Å². The molecule has 0 saturated heterocycles. The standard InChI is InChI=1S/C22H23NO4/c1-25-16-20-11-12-21(27-20)22(24)23-13-17-7-9-19(10-8-17)15-26-14-18-5-3-2-4-6-18/h2-12H,13-16H2,1H3,(H,23,24). The maximum absolute atomic E-state index is 12.1. The average molecular weight is 365 g/mol. The number of methoxy groups -OCH3 is 1. The predicted octanol–water partition coefficient (Wildman–Crippen LogP) is 4.07. The van der Waals surface area contributed by atoms with Crippen molar-refractivity contribution < 1.29 is 18.7 Å². The summed E-state index contributed by atoms with van der Waals surface area (Å²) >= 11 is 0. The number of ether oxygens (including phenoxy) is 2. The zero-order valence-electron chi connectivity index (χ0n) is 15.3. The smallest absolute Gasteiger partial charge is 0.287 e. The molecule has 1 aromatic heterocycles. The number of carbonyl (C=O) groups excluding carboxylic acids is 1. The third kappa shape index (κ3) is 5.81. The lowest BCUT2D eigenvalue weighted by Gasteiger charge is -2.07. The van der Waals surface area contributed by atoms with E-state index in [1.54, 1.807) is 19.2 Å². The first kappa shape index (κ1) is 18.9. The molecule has 0 radical (unpaired) electrons. The lowest BCUT2D eigenvalue weighted by Crippen LogP contribution is -2.22. The van der Waals surface area contributed by atoms with Crippen molar-refractivity contribution in [2.45, 2.75) is 26.4 Å². The van der Waals surface area contributed by atoms with Crippen molar-refractivity contribution in [2.24, 2.45) is 0 Å². The zero-order valence-corrected chi connectivity index (χ0v) is 15.3. The lowest BCUT2D eigenvalue weighted by atomic mass is 10.1. The number of furan rings is 1. The maximum Gasteiger partial charge on any atom is 0.287 e. The van der Waals surface area contributed by atoms with Crippen molar-refractivity contribution in [3.05, 3.63) is 94.9 Å². The zero-order chi connectivity index (χ0) is 18.9. The van der Waals surface area contributed by atoms with Crippen LogP contribution in [0.3, 0.4) is 0 Å². The van der Waals surface area contributed by atoms with Gasteiger partial charge < -0.3 is 19.2 Å². The second-order valence-corrected chi connectivity index (χ2v) is 6.18. The van der Waals surface area contributed by atoms with E-state index in [1.165, 1.54) is 0 Å². The summed E-state index contributed by atoms with van der Waals surface area (Å²) in [5.74, 6) is 0.670. The SMILES string of the molecule is COCc1ccc(C(=O)NCc2ccc(COCc3ccccc3)cc2)o1. The Morgan fingerprint density at radius 2 is 1.52 bits per heavy atom. The molecule has 3 aromatic rings. The van der Waals surface area contributed by atoms with Crippen molar-refractivity contribution >= 4 is 5.91 Å². The van der Waals surface area contributed by atoms with Gasteiger partial charge in [-0.1, -0.05) is 54.6 Å². The fourth-order valence-electron chi connectivity index (χ4n) is 2.60. The third-order valence-corrected chi connectivity index (χ3v) is 4.03. The molecule has 0 spiro atoms.